The molecule has 0 aliphatic heterocycles. The molecule has 1 aromatic rings. The monoisotopic (exact) mass is 254 g/mol. The summed E-state index contributed by atoms with van der Waals surface area (Å²) < 4.78 is 6.34. The molecule has 0 atom stereocenters. The van der Waals surface area contributed by atoms with E-state index < -0.39 is 0 Å². The summed E-state index contributed by atoms with van der Waals surface area (Å²) in [7, 11) is 0. The molecule has 1 aromatic carbocycles. The summed E-state index contributed by atoms with van der Waals surface area (Å²) >= 11 is 3.32. The van der Waals surface area contributed by atoms with Gasteiger partial charge in [-0.15, -0.1) is 0 Å². The minimum Gasteiger partial charge on any atom is -0.489 e. The van der Waals surface area contributed by atoms with Crippen molar-refractivity contribution in [3.8, 4) is 5.75 Å². The van der Waals surface area contributed by atoms with E-state index in [1.165, 1.54) is 6.92 Å². The molecule has 0 unspecified atom stereocenters. The third-order valence-corrected chi connectivity index (χ3v) is 2.25. The molecule has 0 spiro atoms. The van der Waals surface area contributed by atoms with E-state index in [0.717, 1.165) is 10.2 Å². The average molecular weight is 255 g/mol. The zero-order chi connectivity index (χ0) is 10.6. The SMILES string of the molecule is C=C(COc1ccc(Br)cc1)C(C)=O. The van der Waals surface area contributed by atoms with Crippen molar-refractivity contribution in [1.29, 1.82) is 0 Å². The van der Waals surface area contributed by atoms with E-state index >= 15 is 0 Å². The lowest BCUT2D eigenvalue weighted by Gasteiger charge is -2.05. The van der Waals surface area contributed by atoms with Gasteiger partial charge in [-0.1, -0.05) is 22.5 Å². The molecule has 0 radical (unpaired) electrons. The predicted molar refractivity (Wildman–Crippen MR) is 59.5 cm³/mol. The molecule has 0 saturated carbocycles. The third kappa shape index (κ3) is 3.34. The summed E-state index contributed by atoms with van der Waals surface area (Å²) in [6, 6.07) is 7.42. The van der Waals surface area contributed by atoms with Crippen LogP contribution in [0.15, 0.2) is 40.9 Å². The number of carbonyl (C=O) groups is 1. The van der Waals surface area contributed by atoms with Crippen molar-refractivity contribution in [3.05, 3.63) is 40.9 Å². The number of ether oxygens (including phenoxy) is 1. The van der Waals surface area contributed by atoms with Crippen LogP contribution in [0.25, 0.3) is 0 Å². The van der Waals surface area contributed by atoms with Gasteiger partial charge in [0.2, 0.25) is 0 Å². The highest BCUT2D eigenvalue weighted by Crippen LogP contribution is 2.16. The average Bonchev–Trinajstić information content (AvgIpc) is 2.16. The smallest absolute Gasteiger partial charge is 0.158 e. The maximum atomic E-state index is 10.8. The van der Waals surface area contributed by atoms with Crippen molar-refractivity contribution in [2.45, 2.75) is 6.92 Å². The molecule has 0 amide bonds. The molecule has 0 bridgehead atoms. The topological polar surface area (TPSA) is 26.3 Å². The molecule has 0 saturated heterocycles. The van der Waals surface area contributed by atoms with Gasteiger partial charge in [-0.2, -0.15) is 0 Å². The number of hydrogen-bond acceptors (Lipinski definition) is 2. The van der Waals surface area contributed by atoms with Gasteiger partial charge in [-0.25, -0.2) is 0 Å². The number of ketones is 1. The summed E-state index contributed by atoms with van der Waals surface area (Å²) in [6.07, 6.45) is 0. The van der Waals surface area contributed by atoms with Crippen LogP contribution in [0, 0.1) is 0 Å². The van der Waals surface area contributed by atoms with Gasteiger partial charge in [0.25, 0.3) is 0 Å². The first-order chi connectivity index (χ1) is 6.59. The second-order valence-corrected chi connectivity index (χ2v) is 3.82. The normalized spacial score (nSPS) is 9.57. The molecule has 2 nitrogen and oxygen atoms in total. The van der Waals surface area contributed by atoms with Crippen molar-refractivity contribution in [3.63, 3.8) is 0 Å². The second kappa shape index (κ2) is 4.96. The van der Waals surface area contributed by atoms with Crippen molar-refractivity contribution < 1.29 is 9.53 Å². The zero-order valence-electron chi connectivity index (χ0n) is 7.92. The van der Waals surface area contributed by atoms with Gasteiger partial charge < -0.3 is 4.74 Å². The van der Waals surface area contributed by atoms with Gasteiger partial charge in [-0.05, 0) is 31.2 Å². The molecule has 74 valence electrons. The molecular formula is C11H11BrO2. The number of halogens is 1. The number of carbonyl (C=O) groups excluding carboxylic acids is 1. The minimum absolute atomic E-state index is 0.0397. The Bertz CT molecular complexity index is 341. The number of hydrogen-bond donors (Lipinski definition) is 0. The Kier molecular flexibility index (Phi) is 3.89. The Morgan fingerprint density at radius 3 is 2.50 bits per heavy atom. The Labute approximate surface area is 91.7 Å². The fraction of sp³-hybridized carbons (Fsp3) is 0.182. The lowest BCUT2D eigenvalue weighted by Crippen LogP contribution is -2.06. The molecule has 0 aliphatic carbocycles. The van der Waals surface area contributed by atoms with E-state index in [2.05, 4.69) is 22.5 Å². The molecular weight excluding hydrogens is 244 g/mol. The molecule has 0 N–H and O–H groups in total. The van der Waals surface area contributed by atoms with Crippen LogP contribution >= 0.6 is 15.9 Å². The van der Waals surface area contributed by atoms with Crippen LogP contribution in [0.3, 0.4) is 0 Å². The summed E-state index contributed by atoms with van der Waals surface area (Å²) in [6.45, 7) is 5.33. The second-order valence-electron chi connectivity index (χ2n) is 2.90. The van der Waals surface area contributed by atoms with E-state index in [9.17, 15) is 4.79 Å². The van der Waals surface area contributed by atoms with Gasteiger partial charge in [0.1, 0.15) is 12.4 Å². The van der Waals surface area contributed by atoms with Crippen LogP contribution in [0.4, 0.5) is 0 Å². The number of Topliss-reactive ketones (excluding diaryl/α,β-unsaturated/α-hetero) is 1. The quantitative estimate of drug-likeness (QED) is 0.773. The number of benzene rings is 1. The van der Waals surface area contributed by atoms with Gasteiger partial charge in [0, 0.05) is 10.0 Å². The van der Waals surface area contributed by atoms with E-state index in [0.29, 0.717) is 5.57 Å². The third-order valence-electron chi connectivity index (χ3n) is 1.72. The van der Waals surface area contributed by atoms with Crippen molar-refractivity contribution in [2.24, 2.45) is 0 Å². The molecule has 0 aliphatic rings. The first kappa shape index (κ1) is 11.0. The van der Waals surface area contributed by atoms with E-state index in [4.69, 9.17) is 4.74 Å². The summed E-state index contributed by atoms with van der Waals surface area (Å²) in [4.78, 5) is 10.8. The Morgan fingerprint density at radius 1 is 1.43 bits per heavy atom. The highest BCUT2D eigenvalue weighted by atomic mass is 79.9. The largest absolute Gasteiger partial charge is 0.489 e. The highest BCUT2D eigenvalue weighted by Gasteiger charge is 2.01. The maximum absolute atomic E-state index is 10.8. The first-order valence-corrected chi connectivity index (χ1v) is 4.96. The minimum atomic E-state index is -0.0397. The lowest BCUT2D eigenvalue weighted by molar-refractivity contribution is -0.113. The maximum Gasteiger partial charge on any atom is 0.158 e. The summed E-state index contributed by atoms with van der Waals surface area (Å²) in [5, 5.41) is 0. The lowest BCUT2D eigenvalue weighted by atomic mass is 10.2. The molecule has 0 heterocycles. The highest BCUT2D eigenvalue weighted by molar-refractivity contribution is 9.10. The summed E-state index contributed by atoms with van der Waals surface area (Å²) in [5.41, 5.74) is 0.480. The molecule has 1 rings (SSSR count). The Morgan fingerprint density at radius 2 is 2.00 bits per heavy atom. The van der Waals surface area contributed by atoms with E-state index in [-0.39, 0.29) is 12.4 Å². The van der Waals surface area contributed by atoms with Crippen LogP contribution < -0.4 is 4.74 Å². The van der Waals surface area contributed by atoms with Crippen molar-refractivity contribution in [2.75, 3.05) is 6.61 Å². The van der Waals surface area contributed by atoms with Crippen LogP contribution in [0.2, 0.25) is 0 Å². The molecule has 3 heteroatoms. The molecule has 14 heavy (non-hydrogen) atoms. The fourth-order valence-electron chi connectivity index (χ4n) is 0.803. The van der Waals surface area contributed by atoms with Crippen LogP contribution in [0.1, 0.15) is 6.92 Å². The molecule has 0 fully saturated rings. The van der Waals surface area contributed by atoms with Gasteiger partial charge >= 0.3 is 0 Å². The van der Waals surface area contributed by atoms with Gasteiger partial charge in [0.05, 0.1) is 0 Å². The van der Waals surface area contributed by atoms with Gasteiger partial charge in [0.15, 0.2) is 5.78 Å². The standard InChI is InChI=1S/C11H11BrO2/c1-8(9(2)13)7-14-11-5-3-10(12)4-6-11/h3-6H,1,7H2,2H3. The zero-order valence-corrected chi connectivity index (χ0v) is 9.50. The fourth-order valence-corrected chi connectivity index (χ4v) is 1.07. The number of rotatable bonds is 4. The van der Waals surface area contributed by atoms with Crippen molar-refractivity contribution >= 4 is 21.7 Å². The van der Waals surface area contributed by atoms with E-state index in [1.807, 2.05) is 24.3 Å². The van der Waals surface area contributed by atoms with Gasteiger partial charge in [-0.3, -0.25) is 4.79 Å². The predicted octanol–water partition coefficient (Wildman–Crippen LogP) is 2.97. The summed E-state index contributed by atoms with van der Waals surface area (Å²) in [5.74, 6) is 0.692. The van der Waals surface area contributed by atoms with Crippen molar-refractivity contribution in [1.82, 2.24) is 0 Å². The van der Waals surface area contributed by atoms with E-state index in [1.54, 1.807) is 0 Å². The first-order valence-electron chi connectivity index (χ1n) is 4.16. The Balaban J connectivity index is 2.50. The van der Waals surface area contributed by atoms with Crippen LogP contribution in [-0.4, -0.2) is 12.4 Å². The Hall–Kier alpha value is -1.09. The van der Waals surface area contributed by atoms with Crippen LogP contribution in [0.5, 0.6) is 5.75 Å². The van der Waals surface area contributed by atoms with Crippen LogP contribution in [-0.2, 0) is 4.79 Å². The molecule has 0 aromatic heterocycles.